The van der Waals surface area contributed by atoms with E-state index in [9.17, 15) is 4.79 Å². The fourth-order valence-corrected chi connectivity index (χ4v) is 3.21. The van der Waals surface area contributed by atoms with E-state index in [0.29, 0.717) is 17.6 Å². The Morgan fingerprint density at radius 2 is 1.95 bits per heavy atom. The smallest absolute Gasteiger partial charge is 0.254 e. The van der Waals surface area contributed by atoms with Crippen LogP contribution in [0, 0.1) is 19.8 Å². The van der Waals surface area contributed by atoms with E-state index in [1.165, 1.54) is 12.8 Å². The van der Waals surface area contributed by atoms with Crippen LogP contribution in [0.15, 0.2) is 12.1 Å². The second-order valence-corrected chi connectivity index (χ2v) is 6.37. The Hall–Kier alpha value is -1.51. The van der Waals surface area contributed by atoms with Crippen LogP contribution in [-0.2, 0) is 0 Å². The van der Waals surface area contributed by atoms with E-state index < -0.39 is 0 Å². The second kappa shape index (κ2) is 5.86. The number of hydrogen-bond donors (Lipinski definition) is 1. The Morgan fingerprint density at radius 1 is 1.25 bits per heavy atom. The van der Waals surface area contributed by atoms with Crippen molar-refractivity contribution >= 4 is 11.6 Å². The summed E-state index contributed by atoms with van der Waals surface area (Å²) in [7, 11) is 1.93. The van der Waals surface area contributed by atoms with Crippen LogP contribution in [0.4, 0.5) is 5.69 Å². The zero-order valence-corrected chi connectivity index (χ0v) is 13.1. The number of rotatable bonds is 2. The van der Waals surface area contributed by atoms with Gasteiger partial charge in [-0.15, -0.1) is 0 Å². The number of nitrogens with two attached hydrogens (primary N) is 1. The van der Waals surface area contributed by atoms with Gasteiger partial charge >= 0.3 is 0 Å². The molecular weight excluding hydrogens is 248 g/mol. The minimum Gasteiger partial charge on any atom is -0.398 e. The third-order valence-corrected chi connectivity index (χ3v) is 4.62. The highest BCUT2D eigenvalue weighted by molar-refractivity contribution is 5.96. The molecular formula is C17H26N2O. The second-order valence-electron chi connectivity index (χ2n) is 6.37. The molecule has 1 fully saturated rings. The Morgan fingerprint density at radius 3 is 2.60 bits per heavy atom. The number of hydrogen-bond acceptors (Lipinski definition) is 2. The first-order valence-electron chi connectivity index (χ1n) is 7.54. The van der Waals surface area contributed by atoms with Crippen molar-refractivity contribution in [2.24, 2.45) is 5.92 Å². The van der Waals surface area contributed by atoms with Crippen molar-refractivity contribution in [1.29, 1.82) is 0 Å². The maximum atomic E-state index is 12.7. The lowest BCUT2D eigenvalue weighted by Gasteiger charge is -2.34. The summed E-state index contributed by atoms with van der Waals surface area (Å²) in [5.41, 5.74) is 9.45. The summed E-state index contributed by atoms with van der Waals surface area (Å²) < 4.78 is 0. The van der Waals surface area contributed by atoms with E-state index in [0.717, 1.165) is 29.5 Å². The molecule has 0 saturated heterocycles. The van der Waals surface area contributed by atoms with Gasteiger partial charge in [-0.1, -0.05) is 25.8 Å². The molecule has 0 bridgehead atoms. The molecule has 1 aromatic carbocycles. The average Bonchev–Trinajstić information content (AvgIpc) is 2.41. The molecule has 2 N–H and O–H groups in total. The summed E-state index contributed by atoms with van der Waals surface area (Å²) in [6, 6.07) is 4.20. The zero-order chi connectivity index (χ0) is 14.9. The number of nitrogens with zero attached hydrogens (tertiary/aromatic N) is 1. The molecule has 3 nitrogen and oxygen atoms in total. The van der Waals surface area contributed by atoms with Crippen molar-refractivity contribution in [2.75, 3.05) is 12.8 Å². The maximum Gasteiger partial charge on any atom is 0.254 e. The minimum absolute atomic E-state index is 0.105. The quantitative estimate of drug-likeness (QED) is 0.838. The molecule has 1 aliphatic carbocycles. The number of benzene rings is 1. The third kappa shape index (κ3) is 2.97. The van der Waals surface area contributed by atoms with Gasteiger partial charge in [0.25, 0.3) is 5.91 Å². The number of amides is 1. The molecule has 2 unspecified atom stereocenters. The van der Waals surface area contributed by atoms with Crippen molar-refractivity contribution in [3.63, 3.8) is 0 Å². The van der Waals surface area contributed by atoms with Crippen LogP contribution in [-0.4, -0.2) is 23.9 Å². The lowest BCUT2D eigenvalue weighted by atomic mass is 9.86. The van der Waals surface area contributed by atoms with Gasteiger partial charge in [-0.2, -0.15) is 0 Å². The number of anilines is 1. The molecule has 2 rings (SSSR count). The minimum atomic E-state index is 0.105. The lowest BCUT2D eigenvalue weighted by Crippen LogP contribution is -2.40. The predicted molar refractivity (Wildman–Crippen MR) is 83.8 cm³/mol. The Bertz CT molecular complexity index is 510. The van der Waals surface area contributed by atoms with Gasteiger partial charge in [0.05, 0.1) is 0 Å². The van der Waals surface area contributed by atoms with E-state index in [1.54, 1.807) is 0 Å². The first-order chi connectivity index (χ1) is 9.40. The summed E-state index contributed by atoms with van der Waals surface area (Å²) in [6.07, 6.45) is 4.74. The van der Waals surface area contributed by atoms with Gasteiger partial charge in [-0.25, -0.2) is 0 Å². The van der Waals surface area contributed by atoms with Crippen molar-refractivity contribution in [3.05, 3.63) is 28.8 Å². The highest BCUT2D eigenvalue weighted by Crippen LogP contribution is 2.28. The standard InChI is InChI=1S/C17H26N2O/c1-11-6-5-7-14(8-11)19(4)17(20)15-10-16(18)13(3)9-12(15)2/h9-11,14H,5-8,18H2,1-4H3. The van der Waals surface area contributed by atoms with Gasteiger partial charge in [-0.05, 0) is 49.8 Å². The molecule has 1 amide bonds. The van der Waals surface area contributed by atoms with Crippen LogP contribution in [0.2, 0.25) is 0 Å². The van der Waals surface area contributed by atoms with Gasteiger partial charge in [0.1, 0.15) is 0 Å². The first-order valence-corrected chi connectivity index (χ1v) is 7.54. The van der Waals surface area contributed by atoms with Crippen LogP contribution in [0.5, 0.6) is 0 Å². The van der Waals surface area contributed by atoms with Crippen LogP contribution in [0.1, 0.15) is 54.1 Å². The molecule has 1 saturated carbocycles. The molecule has 1 aromatic rings. The van der Waals surface area contributed by atoms with E-state index in [2.05, 4.69) is 6.92 Å². The average molecular weight is 274 g/mol. The maximum absolute atomic E-state index is 12.7. The summed E-state index contributed by atoms with van der Waals surface area (Å²) in [5.74, 6) is 0.821. The molecule has 1 aliphatic rings. The van der Waals surface area contributed by atoms with Crippen molar-refractivity contribution < 1.29 is 4.79 Å². The van der Waals surface area contributed by atoms with Crippen LogP contribution < -0.4 is 5.73 Å². The van der Waals surface area contributed by atoms with Gasteiger partial charge in [0, 0.05) is 24.3 Å². The van der Waals surface area contributed by atoms with E-state index in [4.69, 9.17) is 5.73 Å². The predicted octanol–water partition coefficient (Wildman–Crippen LogP) is 3.54. The van der Waals surface area contributed by atoms with Gasteiger partial charge in [-0.3, -0.25) is 4.79 Å². The lowest BCUT2D eigenvalue weighted by molar-refractivity contribution is 0.0671. The number of carbonyl (C=O) groups excluding carboxylic acids is 1. The molecule has 3 heteroatoms. The summed E-state index contributed by atoms with van der Waals surface area (Å²) in [4.78, 5) is 14.6. The molecule has 20 heavy (non-hydrogen) atoms. The normalized spacial score (nSPS) is 22.6. The molecule has 0 aromatic heterocycles. The van der Waals surface area contributed by atoms with Crippen molar-refractivity contribution in [1.82, 2.24) is 4.90 Å². The van der Waals surface area contributed by atoms with E-state index in [1.807, 2.05) is 37.9 Å². The van der Waals surface area contributed by atoms with Gasteiger partial charge < -0.3 is 10.6 Å². The van der Waals surface area contributed by atoms with Gasteiger partial charge in [0.15, 0.2) is 0 Å². The van der Waals surface area contributed by atoms with Crippen LogP contribution in [0.3, 0.4) is 0 Å². The summed E-state index contributed by atoms with van der Waals surface area (Å²) in [6.45, 7) is 6.24. The Labute approximate surface area is 122 Å². The molecule has 0 spiro atoms. The monoisotopic (exact) mass is 274 g/mol. The zero-order valence-electron chi connectivity index (χ0n) is 13.1. The first kappa shape index (κ1) is 14.9. The molecule has 0 heterocycles. The number of nitrogen functional groups attached to an aromatic ring is 1. The van der Waals surface area contributed by atoms with Crippen molar-refractivity contribution in [3.8, 4) is 0 Å². The van der Waals surface area contributed by atoms with Gasteiger partial charge in [0.2, 0.25) is 0 Å². The highest BCUT2D eigenvalue weighted by Gasteiger charge is 2.26. The van der Waals surface area contributed by atoms with Crippen molar-refractivity contribution in [2.45, 2.75) is 52.5 Å². The topological polar surface area (TPSA) is 46.3 Å². The number of carbonyl (C=O) groups is 1. The number of aryl methyl sites for hydroxylation is 2. The largest absolute Gasteiger partial charge is 0.398 e. The summed E-state index contributed by atoms with van der Waals surface area (Å²) in [5, 5.41) is 0. The highest BCUT2D eigenvalue weighted by atomic mass is 16.2. The molecule has 110 valence electrons. The Kier molecular flexibility index (Phi) is 4.36. The molecule has 0 aliphatic heterocycles. The van der Waals surface area contributed by atoms with Crippen LogP contribution >= 0.6 is 0 Å². The molecule has 0 radical (unpaired) electrons. The van der Waals surface area contributed by atoms with Crippen LogP contribution in [0.25, 0.3) is 0 Å². The SMILES string of the molecule is Cc1cc(C)c(C(=O)N(C)C2CCCC(C)C2)cc1N. The van der Waals surface area contributed by atoms with E-state index in [-0.39, 0.29) is 5.91 Å². The Balaban J connectivity index is 2.20. The van der Waals surface area contributed by atoms with E-state index >= 15 is 0 Å². The third-order valence-electron chi connectivity index (χ3n) is 4.62. The summed E-state index contributed by atoms with van der Waals surface area (Å²) >= 11 is 0. The fraction of sp³-hybridized carbons (Fsp3) is 0.588. The molecule has 2 atom stereocenters. The fourth-order valence-electron chi connectivity index (χ4n) is 3.21.